The predicted octanol–water partition coefficient (Wildman–Crippen LogP) is 2.12. The van der Waals surface area contributed by atoms with Gasteiger partial charge in [0.05, 0.1) is 11.8 Å². The maximum Gasteiger partial charge on any atom is 0.251 e. The molecule has 0 aliphatic rings. The predicted molar refractivity (Wildman–Crippen MR) is 74.4 cm³/mol. The summed E-state index contributed by atoms with van der Waals surface area (Å²) in [5, 5.41) is 11.7. The van der Waals surface area contributed by atoms with Crippen LogP contribution in [0, 0.1) is 5.82 Å². The molecule has 0 saturated carbocycles. The molecule has 1 atom stereocenters. The van der Waals surface area contributed by atoms with Crippen molar-refractivity contribution in [2.75, 3.05) is 6.54 Å². The lowest BCUT2D eigenvalue weighted by atomic mass is 10.1. The maximum absolute atomic E-state index is 14.0. The molecule has 0 radical (unpaired) electrons. The topological polar surface area (TPSA) is 54.3 Å². The molecule has 0 aliphatic carbocycles. The van der Waals surface area contributed by atoms with Gasteiger partial charge >= 0.3 is 0 Å². The molecule has 4 nitrogen and oxygen atoms in total. The van der Waals surface area contributed by atoms with Crippen LogP contribution in [0.2, 0.25) is 0 Å². The van der Waals surface area contributed by atoms with E-state index < -0.39 is 11.9 Å². The normalized spacial score (nSPS) is 12.2. The third-order valence-corrected chi connectivity index (χ3v) is 2.94. The Morgan fingerprint density at radius 2 is 2.10 bits per heavy atom. The largest absolute Gasteiger partial charge is 0.393 e. The number of nitrogens with zero attached hydrogens (tertiary/aromatic N) is 1. The van der Waals surface area contributed by atoms with Gasteiger partial charge in [-0.2, -0.15) is 0 Å². The van der Waals surface area contributed by atoms with Gasteiger partial charge in [0.1, 0.15) is 5.82 Å². The highest BCUT2D eigenvalue weighted by Gasteiger charge is 2.10. The number of hydrogen-bond acceptors (Lipinski definition) is 2. The summed E-state index contributed by atoms with van der Waals surface area (Å²) in [6.07, 6.45) is 3.47. The summed E-state index contributed by atoms with van der Waals surface area (Å²) in [7, 11) is 0. The van der Waals surface area contributed by atoms with Crippen molar-refractivity contribution >= 4 is 5.91 Å². The van der Waals surface area contributed by atoms with Crippen molar-refractivity contribution in [3.05, 3.63) is 54.1 Å². The first-order valence-corrected chi connectivity index (χ1v) is 6.47. The van der Waals surface area contributed by atoms with E-state index in [9.17, 15) is 9.18 Å². The Labute approximate surface area is 116 Å². The number of aromatic nitrogens is 1. The number of aliphatic hydroxyl groups is 1. The van der Waals surface area contributed by atoms with Crippen molar-refractivity contribution in [3.8, 4) is 5.69 Å². The molecule has 0 aliphatic heterocycles. The summed E-state index contributed by atoms with van der Waals surface area (Å²) in [5.74, 6) is -0.798. The number of halogens is 1. The van der Waals surface area contributed by atoms with Gasteiger partial charge in [0.2, 0.25) is 0 Å². The number of amides is 1. The van der Waals surface area contributed by atoms with Gasteiger partial charge in [-0.05, 0) is 43.7 Å². The van der Waals surface area contributed by atoms with Crippen LogP contribution in [0.1, 0.15) is 23.7 Å². The maximum atomic E-state index is 14.0. The number of aliphatic hydroxyl groups excluding tert-OH is 1. The highest BCUT2D eigenvalue weighted by atomic mass is 19.1. The van der Waals surface area contributed by atoms with Crippen molar-refractivity contribution in [2.45, 2.75) is 19.4 Å². The van der Waals surface area contributed by atoms with Crippen molar-refractivity contribution in [1.82, 2.24) is 9.88 Å². The molecule has 0 spiro atoms. The first kappa shape index (κ1) is 14.3. The zero-order valence-electron chi connectivity index (χ0n) is 11.2. The minimum atomic E-state index is -0.469. The molecular formula is C15H17FN2O2. The fourth-order valence-electron chi connectivity index (χ4n) is 1.85. The number of carbonyl (C=O) groups is 1. The van der Waals surface area contributed by atoms with E-state index in [0.29, 0.717) is 18.7 Å². The second kappa shape index (κ2) is 6.34. The van der Waals surface area contributed by atoms with E-state index in [0.717, 1.165) is 0 Å². The third kappa shape index (κ3) is 3.45. The minimum Gasteiger partial charge on any atom is -0.393 e. The lowest BCUT2D eigenvalue weighted by Crippen LogP contribution is -2.26. The fraction of sp³-hybridized carbons (Fsp3) is 0.267. The van der Waals surface area contributed by atoms with Crippen molar-refractivity contribution in [1.29, 1.82) is 0 Å². The zero-order valence-corrected chi connectivity index (χ0v) is 11.2. The number of nitrogens with one attached hydrogen (secondary N) is 1. The van der Waals surface area contributed by atoms with E-state index in [-0.39, 0.29) is 11.5 Å². The van der Waals surface area contributed by atoms with E-state index in [2.05, 4.69) is 5.32 Å². The van der Waals surface area contributed by atoms with E-state index in [4.69, 9.17) is 5.11 Å². The van der Waals surface area contributed by atoms with Gasteiger partial charge in [-0.25, -0.2) is 4.39 Å². The smallest absolute Gasteiger partial charge is 0.251 e. The Kier molecular flexibility index (Phi) is 4.53. The van der Waals surface area contributed by atoms with Gasteiger partial charge in [-0.15, -0.1) is 0 Å². The number of hydrogen-bond donors (Lipinski definition) is 2. The third-order valence-electron chi connectivity index (χ3n) is 2.94. The van der Waals surface area contributed by atoms with Crippen LogP contribution in [0.25, 0.3) is 5.69 Å². The van der Waals surface area contributed by atoms with E-state index in [1.807, 2.05) is 0 Å². The first-order chi connectivity index (χ1) is 9.58. The second-order valence-corrected chi connectivity index (χ2v) is 4.65. The van der Waals surface area contributed by atoms with Crippen molar-refractivity contribution in [3.63, 3.8) is 0 Å². The monoisotopic (exact) mass is 276 g/mol. The Bertz CT molecular complexity index is 580. The number of rotatable bonds is 5. The van der Waals surface area contributed by atoms with Crippen molar-refractivity contribution in [2.24, 2.45) is 0 Å². The second-order valence-electron chi connectivity index (χ2n) is 4.65. The summed E-state index contributed by atoms with van der Waals surface area (Å²) < 4.78 is 15.6. The molecule has 1 aromatic carbocycles. The lowest BCUT2D eigenvalue weighted by molar-refractivity contribution is 0.0945. The Morgan fingerprint density at radius 3 is 2.70 bits per heavy atom. The molecule has 1 heterocycles. The zero-order chi connectivity index (χ0) is 14.5. The number of benzene rings is 1. The summed E-state index contributed by atoms with van der Waals surface area (Å²) in [6.45, 7) is 2.01. The van der Waals surface area contributed by atoms with Gasteiger partial charge in [-0.1, -0.05) is 0 Å². The van der Waals surface area contributed by atoms with Crippen LogP contribution in [0.5, 0.6) is 0 Å². The van der Waals surface area contributed by atoms with Crippen molar-refractivity contribution < 1.29 is 14.3 Å². The average Bonchev–Trinajstić information content (AvgIpc) is 2.91. The molecule has 106 valence electrons. The van der Waals surface area contributed by atoms with Crippen LogP contribution >= 0.6 is 0 Å². The molecule has 1 unspecified atom stereocenters. The van der Waals surface area contributed by atoms with E-state index >= 15 is 0 Å². The average molecular weight is 276 g/mol. The van der Waals surface area contributed by atoms with E-state index in [1.165, 1.54) is 6.07 Å². The van der Waals surface area contributed by atoms with Crippen LogP contribution < -0.4 is 5.32 Å². The Balaban J connectivity index is 2.07. The molecule has 20 heavy (non-hydrogen) atoms. The Morgan fingerprint density at radius 1 is 1.40 bits per heavy atom. The quantitative estimate of drug-likeness (QED) is 0.879. The Hall–Kier alpha value is -2.14. The summed E-state index contributed by atoms with van der Waals surface area (Å²) in [6, 6.07) is 7.97. The number of carbonyl (C=O) groups excluding carboxylic acids is 1. The molecule has 1 aromatic heterocycles. The highest BCUT2D eigenvalue weighted by molar-refractivity contribution is 5.94. The van der Waals surface area contributed by atoms with Gasteiger partial charge in [0.25, 0.3) is 5.91 Å². The SMILES string of the molecule is CC(O)CCNC(=O)c1ccc(-n2cccc2)c(F)c1. The lowest BCUT2D eigenvalue weighted by Gasteiger charge is -2.09. The summed E-state index contributed by atoms with van der Waals surface area (Å²) in [5.41, 5.74) is 0.666. The van der Waals surface area contributed by atoms with Crippen LogP contribution in [0.3, 0.4) is 0 Å². The molecule has 0 bridgehead atoms. The standard InChI is InChI=1S/C15H17FN2O2/c1-11(19)6-7-17-15(20)12-4-5-14(13(16)10-12)18-8-2-3-9-18/h2-5,8-11,19H,6-7H2,1H3,(H,17,20). The molecule has 2 rings (SSSR count). The van der Waals surface area contributed by atoms with Crippen LogP contribution in [-0.4, -0.2) is 28.2 Å². The molecular weight excluding hydrogens is 259 g/mol. The molecule has 0 fully saturated rings. The van der Waals surface area contributed by atoms with Crippen LogP contribution in [0.15, 0.2) is 42.7 Å². The van der Waals surface area contributed by atoms with Crippen LogP contribution in [-0.2, 0) is 0 Å². The molecule has 5 heteroatoms. The van der Waals surface area contributed by atoms with Gasteiger partial charge < -0.3 is 15.0 Å². The molecule has 2 aromatic rings. The minimum absolute atomic E-state index is 0.268. The fourth-order valence-corrected chi connectivity index (χ4v) is 1.85. The van der Waals surface area contributed by atoms with Gasteiger partial charge in [0, 0.05) is 24.5 Å². The molecule has 0 saturated heterocycles. The molecule has 2 N–H and O–H groups in total. The molecule has 1 amide bonds. The van der Waals surface area contributed by atoms with Crippen LogP contribution in [0.4, 0.5) is 4.39 Å². The van der Waals surface area contributed by atoms with E-state index in [1.54, 1.807) is 48.1 Å². The summed E-state index contributed by atoms with van der Waals surface area (Å²) >= 11 is 0. The van der Waals surface area contributed by atoms with Gasteiger partial charge in [0.15, 0.2) is 0 Å². The summed E-state index contributed by atoms with van der Waals surface area (Å²) in [4.78, 5) is 11.8. The highest BCUT2D eigenvalue weighted by Crippen LogP contribution is 2.15. The first-order valence-electron chi connectivity index (χ1n) is 6.47. The van der Waals surface area contributed by atoms with Gasteiger partial charge in [-0.3, -0.25) is 4.79 Å².